The standard InChI is InChI=1S/C18H19N3O2/c1-18(2)8-11-16-13(9-18)21(14-6-7-23-14)12-5-3-4-10(15(12)16)17(22)20-19-11/h3-5,14H,6-9H2,1-2H3,(H,20,22). The first-order chi connectivity index (χ1) is 11.1. The molecule has 5 rings (SSSR count). The van der Waals surface area contributed by atoms with Crippen LogP contribution in [-0.4, -0.2) is 22.8 Å². The van der Waals surface area contributed by atoms with Crippen molar-refractivity contribution in [1.82, 2.24) is 9.99 Å². The van der Waals surface area contributed by atoms with Crippen LogP contribution >= 0.6 is 0 Å². The maximum absolute atomic E-state index is 12.5. The lowest BCUT2D eigenvalue weighted by Gasteiger charge is -2.35. The van der Waals surface area contributed by atoms with Gasteiger partial charge in [-0.25, -0.2) is 5.43 Å². The summed E-state index contributed by atoms with van der Waals surface area (Å²) in [5.74, 6) is -0.121. The van der Waals surface area contributed by atoms with Crippen molar-refractivity contribution in [1.29, 1.82) is 0 Å². The van der Waals surface area contributed by atoms with E-state index in [9.17, 15) is 4.79 Å². The molecule has 1 aromatic carbocycles. The van der Waals surface area contributed by atoms with Gasteiger partial charge in [-0.1, -0.05) is 19.9 Å². The molecule has 3 aliphatic rings. The SMILES string of the molecule is CC1(C)CC2=NNC(=O)c3cccc4c3c2c(n4C2CCO2)C1. The zero-order valence-corrected chi connectivity index (χ0v) is 13.3. The Bertz CT molecular complexity index is 887. The van der Waals surface area contributed by atoms with Crippen molar-refractivity contribution in [3.63, 3.8) is 0 Å². The van der Waals surface area contributed by atoms with Crippen LogP contribution in [0.5, 0.6) is 0 Å². The monoisotopic (exact) mass is 309 g/mol. The fourth-order valence-corrected chi connectivity index (χ4v) is 4.17. The summed E-state index contributed by atoms with van der Waals surface area (Å²) in [5.41, 5.74) is 8.08. The maximum Gasteiger partial charge on any atom is 0.272 e. The highest BCUT2D eigenvalue weighted by Gasteiger charge is 2.39. The van der Waals surface area contributed by atoms with Crippen LogP contribution in [-0.2, 0) is 11.2 Å². The summed E-state index contributed by atoms with van der Waals surface area (Å²) >= 11 is 0. The van der Waals surface area contributed by atoms with Gasteiger partial charge in [0.2, 0.25) is 0 Å². The minimum Gasteiger partial charge on any atom is -0.358 e. The van der Waals surface area contributed by atoms with Gasteiger partial charge in [0.05, 0.1) is 23.4 Å². The van der Waals surface area contributed by atoms with E-state index in [4.69, 9.17) is 4.74 Å². The van der Waals surface area contributed by atoms with Crippen LogP contribution in [0.1, 0.15) is 54.5 Å². The molecular formula is C18H19N3O2. The summed E-state index contributed by atoms with van der Waals surface area (Å²) in [7, 11) is 0. The molecule has 3 heterocycles. The number of aromatic nitrogens is 1. The minimum absolute atomic E-state index is 0.0918. The summed E-state index contributed by atoms with van der Waals surface area (Å²) in [6.45, 7) is 5.33. The van der Waals surface area contributed by atoms with Crippen molar-refractivity contribution in [2.45, 2.75) is 39.3 Å². The lowest BCUT2D eigenvalue weighted by atomic mass is 9.75. The molecule has 1 amide bonds. The molecule has 118 valence electrons. The second-order valence-corrected chi connectivity index (χ2v) is 7.52. The largest absolute Gasteiger partial charge is 0.358 e. The zero-order valence-electron chi connectivity index (χ0n) is 13.3. The zero-order chi connectivity index (χ0) is 15.8. The molecule has 23 heavy (non-hydrogen) atoms. The smallest absolute Gasteiger partial charge is 0.272 e. The summed E-state index contributed by atoms with van der Waals surface area (Å²) in [6.07, 6.45) is 2.97. The van der Waals surface area contributed by atoms with Crippen molar-refractivity contribution >= 4 is 22.5 Å². The second kappa shape index (κ2) is 4.23. The van der Waals surface area contributed by atoms with Crippen LogP contribution in [0.25, 0.3) is 10.9 Å². The van der Waals surface area contributed by atoms with E-state index in [-0.39, 0.29) is 17.6 Å². The van der Waals surface area contributed by atoms with Gasteiger partial charge >= 0.3 is 0 Å². The lowest BCUT2D eigenvalue weighted by Crippen LogP contribution is -2.33. The first-order valence-corrected chi connectivity index (χ1v) is 8.20. The third-order valence-corrected chi connectivity index (χ3v) is 5.21. The molecule has 0 radical (unpaired) electrons. The Labute approximate surface area is 134 Å². The molecular weight excluding hydrogens is 290 g/mol. The van der Waals surface area contributed by atoms with Gasteiger partial charge in [0.1, 0.15) is 6.23 Å². The normalized spacial score (nSPS) is 24.7. The quantitative estimate of drug-likeness (QED) is 0.880. The number of ether oxygens (including phenoxy) is 1. The number of carbonyl (C=O) groups excluding carboxylic acids is 1. The summed E-state index contributed by atoms with van der Waals surface area (Å²) < 4.78 is 8.11. The molecule has 1 atom stereocenters. The number of hydrogen-bond acceptors (Lipinski definition) is 3. The fraction of sp³-hybridized carbons (Fsp3) is 0.444. The molecule has 0 bridgehead atoms. The molecule has 2 aliphatic heterocycles. The molecule has 1 unspecified atom stereocenters. The topological polar surface area (TPSA) is 55.6 Å². The first kappa shape index (κ1) is 13.3. The lowest BCUT2D eigenvalue weighted by molar-refractivity contribution is -0.0985. The highest BCUT2D eigenvalue weighted by atomic mass is 16.5. The van der Waals surface area contributed by atoms with Crippen molar-refractivity contribution < 1.29 is 9.53 Å². The van der Waals surface area contributed by atoms with Crippen LogP contribution in [0.15, 0.2) is 23.3 Å². The third kappa shape index (κ3) is 1.71. The minimum atomic E-state index is -0.121. The Morgan fingerprint density at radius 1 is 1.35 bits per heavy atom. The van der Waals surface area contributed by atoms with Gasteiger partial charge in [-0.2, -0.15) is 5.10 Å². The van der Waals surface area contributed by atoms with Gasteiger partial charge in [-0.3, -0.25) is 4.79 Å². The van der Waals surface area contributed by atoms with Crippen LogP contribution in [0.2, 0.25) is 0 Å². The van der Waals surface area contributed by atoms with Gasteiger partial charge in [-0.15, -0.1) is 0 Å². The highest BCUT2D eigenvalue weighted by Crippen LogP contribution is 2.44. The number of benzene rings is 1. The number of nitrogens with one attached hydrogen (secondary N) is 1. The Morgan fingerprint density at radius 3 is 2.91 bits per heavy atom. The van der Waals surface area contributed by atoms with Crippen molar-refractivity contribution in [3.05, 3.63) is 35.0 Å². The summed E-state index contributed by atoms with van der Waals surface area (Å²) in [6, 6.07) is 5.94. The van der Waals surface area contributed by atoms with Crippen molar-refractivity contribution in [3.8, 4) is 0 Å². The molecule has 0 spiro atoms. The second-order valence-electron chi connectivity index (χ2n) is 7.52. The Balaban J connectivity index is 1.92. The van der Waals surface area contributed by atoms with Gasteiger partial charge < -0.3 is 9.30 Å². The molecule has 5 heteroatoms. The van der Waals surface area contributed by atoms with Crippen molar-refractivity contribution in [2.75, 3.05) is 6.61 Å². The van der Waals surface area contributed by atoms with E-state index in [1.54, 1.807) is 0 Å². The number of hydrazone groups is 1. The van der Waals surface area contributed by atoms with Gasteiger partial charge in [0.25, 0.3) is 5.91 Å². The number of hydrogen-bond donors (Lipinski definition) is 1. The Kier molecular flexibility index (Phi) is 2.45. The Morgan fingerprint density at radius 2 is 2.17 bits per heavy atom. The molecule has 1 aliphatic carbocycles. The molecule has 1 fully saturated rings. The highest BCUT2D eigenvalue weighted by molar-refractivity contribution is 6.21. The van der Waals surface area contributed by atoms with Gasteiger partial charge in [0.15, 0.2) is 0 Å². The maximum atomic E-state index is 12.5. The van der Waals surface area contributed by atoms with E-state index in [1.807, 2.05) is 12.1 Å². The molecule has 1 N–H and O–H groups in total. The molecule has 5 nitrogen and oxygen atoms in total. The van der Waals surface area contributed by atoms with E-state index in [0.717, 1.165) is 53.6 Å². The molecule has 1 saturated heterocycles. The number of rotatable bonds is 1. The van der Waals surface area contributed by atoms with Crippen molar-refractivity contribution in [2.24, 2.45) is 10.5 Å². The van der Waals surface area contributed by atoms with Crippen LogP contribution in [0.3, 0.4) is 0 Å². The number of carbonyl (C=O) groups is 1. The predicted octanol–water partition coefficient (Wildman–Crippen LogP) is 2.98. The molecule has 1 aromatic heterocycles. The number of amides is 1. The van der Waals surface area contributed by atoms with Gasteiger partial charge in [0, 0.05) is 23.1 Å². The summed E-state index contributed by atoms with van der Waals surface area (Å²) in [5, 5.41) is 5.49. The third-order valence-electron chi connectivity index (χ3n) is 5.21. The first-order valence-electron chi connectivity index (χ1n) is 8.20. The van der Waals surface area contributed by atoms with Gasteiger partial charge in [-0.05, 0) is 30.4 Å². The van der Waals surface area contributed by atoms with E-state index in [0.29, 0.717) is 0 Å². The van der Waals surface area contributed by atoms with Crippen LogP contribution in [0, 0.1) is 5.41 Å². The van der Waals surface area contributed by atoms with E-state index < -0.39 is 0 Å². The Hall–Kier alpha value is -2.14. The fourth-order valence-electron chi connectivity index (χ4n) is 4.17. The predicted molar refractivity (Wildman–Crippen MR) is 87.6 cm³/mol. The van der Waals surface area contributed by atoms with E-state index in [1.165, 1.54) is 5.69 Å². The molecule has 0 saturated carbocycles. The van der Waals surface area contributed by atoms with E-state index >= 15 is 0 Å². The van der Waals surface area contributed by atoms with Crippen LogP contribution in [0.4, 0.5) is 0 Å². The van der Waals surface area contributed by atoms with Crippen LogP contribution < -0.4 is 5.43 Å². The molecule has 2 aromatic rings. The summed E-state index contributed by atoms with van der Waals surface area (Å²) in [4.78, 5) is 12.5. The van der Waals surface area contributed by atoms with E-state index in [2.05, 4.69) is 35.0 Å². The number of nitrogens with zero attached hydrogens (tertiary/aromatic N) is 2. The average molecular weight is 309 g/mol. The average Bonchev–Trinajstić information content (AvgIpc) is 2.68.